The number of nitrogens with two attached hydrogens (primary N) is 3. The predicted molar refractivity (Wildman–Crippen MR) is 88.5 cm³/mol. The lowest BCUT2D eigenvalue weighted by Gasteiger charge is -2.10. The van der Waals surface area contributed by atoms with Crippen molar-refractivity contribution < 1.29 is 4.79 Å². The van der Waals surface area contributed by atoms with Gasteiger partial charge in [0.05, 0.1) is 16.9 Å². The third kappa shape index (κ3) is 3.94. The summed E-state index contributed by atoms with van der Waals surface area (Å²) in [6, 6.07) is 8.72. The largest absolute Gasteiger partial charge is 0.397 e. The Labute approximate surface area is 128 Å². The predicted octanol–water partition coefficient (Wildman–Crippen LogP) is 0.745. The molecule has 0 radical (unpaired) electrons. The second kappa shape index (κ2) is 7.39. The first-order chi connectivity index (χ1) is 10.6. The van der Waals surface area contributed by atoms with Gasteiger partial charge >= 0.3 is 0 Å². The molecule has 0 saturated heterocycles. The van der Waals surface area contributed by atoms with E-state index in [-0.39, 0.29) is 5.91 Å². The van der Waals surface area contributed by atoms with Crippen LogP contribution < -0.4 is 27.8 Å². The molecule has 0 saturated carbocycles. The van der Waals surface area contributed by atoms with E-state index in [0.29, 0.717) is 42.4 Å². The Morgan fingerprint density at radius 1 is 1.18 bits per heavy atom. The second-order valence-electron chi connectivity index (χ2n) is 4.73. The Balaban J connectivity index is 2.05. The van der Waals surface area contributed by atoms with Crippen molar-refractivity contribution >= 4 is 23.1 Å². The summed E-state index contributed by atoms with van der Waals surface area (Å²) in [6.07, 6.45) is 1.50. The van der Waals surface area contributed by atoms with Crippen LogP contribution in [0.25, 0.3) is 0 Å². The van der Waals surface area contributed by atoms with Gasteiger partial charge in [-0.3, -0.25) is 4.79 Å². The Morgan fingerprint density at radius 2 is 2.00 bits per heavy atom. The maximum Gasteiger partial charge on any atom is 0.257 e. The molecular weight excluding hydrogens is 280 g/mol. The molecule has 7 nitrogen and oxygen atoms in total. The molecule has 1 aromatic carbocycles. The van der Waals surface area contributed by atoms with E-state index in [4.69, 9.17) is 17.2 Å². The van der Waals surface area contributed by atoms with Crippen LogP contribution in [-0.4, -0.2) is 24.0 Å². The normalized spacial score (nSPS) is 10.3. The van der Waals surface area contributed by atoms with E-state index in [0.717, 1.165) is 5.56 Å². The molecule has 0 aliphatic rings. The molecule has 0 aliphatic heterocycles. The number of amides is 1. The van der Waals surface area contributed by atoms with E-state index in [1.807, 2.05) is 6.07 Å². The fraction of sp³-hybridized carbons (Fsp3) is 0.200. The van der Waals surface area contributed by atoms with Crippen molar-refractivity contribution in [2.75, 3.05) is 29.5 Å². The first-order valence-electron chi connectivity index (χ1n) is 6.94. The minimum atomic E-state index is -0.273. The van der Waals surface area contributed by atoms with Crippen molar-refractivity contribution in [1.82, 2.24) is 4.98 Å². The molecule has 1 aromatic heterocycles. The van der Waals surface area contributed by atoms with Gasteiger partial charge in [0, 0.05) is 25.8 Å². The Kier molecular flexibility index (Phi) is 5.29. The van der Waals surface area contributed by atoms with E-state index < -0.39 is 0 Å². The summed E-state index contributed by atoms with van der Waals surface area (Å²) in [4.78, 5) is 16.3. The van der Waals surface area contributed by atoms with Gasteiger partial charge in [-0.05, 0) is 29.8 Å². The van der Waals surface area contributed by atoms with E-state index in [2.05, 4.69) is 15.6 Å². The topological polar surface area (TPSA) is 132 Å². The Hall–Kier alpha value is -2.64. The van der Waals surface area contributed by atoms with Gasteiger partial charge in [-0.2, -0.15) is 0 Å². The SMILES string of the molecule is NCCNc1ccc(C(=O)Nc2ccc(CN)cc2N)cn1. The first-order valence-corrected chi connectivity index (χ1v) is 6.94. The number of rotatable bonds is 6. The number of carbonyl (C=O) groups excluding carboxylic acids is 1. The van der Waals surface area contributed by atoms with Gasteiger partial charge in [0.25, 0.3) is 5.91 Å². The van der Waals surface area contributed by atoms with Gasteiger partial charge in [-0.15, -0.1) is 0 Å². The monoisotopic (exact) mass is 300 g/mol. The zero-order valence-electron chi connectivity index (χ0n) is 12.2. The summed E-state index contributed by atoms with van der Waals surface area (Å²) in [5, 5.41) is 5.79. The first kappa shape index (κ1) is 15.7. The van der Waals surface area contributed by atoms with Crippen molar-refractivity contribution in [3.05, 3.63) is 47.7 Å². The summed E-state index contributed by atoms with van der Waals surface area (Å²) < 4.78 is 0. The van der Waals surface area contributed by atoms with Crippen molar-refractivity contribution in [3.8, 4) is 0 Å². The fourth-order valence-corrected chi connectivity index (χ4v) is 1.88. The number of benzene rings is 1. The molecule has 116 valence electrons. The van der Waals surface area contributed by atoms with Crippen molar-refractivity contribution in [3.63, 3.8) is 0 Å². The van der Waals surface area contributed by atoms with E-state index >= 15 is 0 Å². The highest BCUT2D eigenvalue weighted by Gasteiger charge is 2.09. The van der Waals surface area contributed by atoms with Gasteiger partial charge in [-0.1, -0.05) is 6.07 Å². The zero-order chi connectivity index (χ0) is 15.9. The number of carbonyl (C=O) groups is 1. The Morgan fingerprint density at radius 3 is 2.59 bits per heavy atom. The summed E-state index contributed by atoms with van der Waals surface area (Å²) in [7, 11) is 0. The average molecular weight is 300 g/mol. The van der Waals surface area contributed by atoms with Crippen LogP contribution in [0.3, 0.4) is 0 Å². The van der Waals surface area contributed by atoms with Crippen LogP contribution in [0.15, 0.2) is 36.5 Å². The molecule has 8 N–H and O–H groups in total. The van der Waals surface area contributed by atoms with Gasteiger partial charge in [-0.25, -0.2) is 4.98 Å². The highest BCUT2D eigenvalue weighted by Crippen LogP contribution is 2.20. The summed E-state index contributed by atoms with van der Waals surface area (Å²) in [6.45, 7) is 1.55. The lowest BCUT2D eigenvalue weighted by atomic mass is 10.1. The minimum absolute atomic E-state index is 0.273. The lowest BCUT2D eigenvalue weighted by molar-refractivity contribution is 0.102. The number of nitrogens with zero attached hydrogens (tertiary/aromatic N) is 1. The molecular formula is C15H20N6O. The van der Waals surface area contributed by atoms with Crippen LogP contribution in [0.5, 0.6) is 0 Å². The molecule has 0 unspecified atom stereocenters. The zero-order valence-corrected chi connectivity index (χ0v) is 12.2. The number of nitrogen functional groups attached to an aromatic ring is 1. The van der Waals surface area contributed by atoms with Crippen LogP contribution in [0.2, 0.25) is 0 Å². The number of anilines is 3. The summed E-state index contributed by atoms with van der Waals surface area (Å²) in [5.74, 6) is 0.402. The maximum atomic E-state index is 12.2. The minimum Gasteiger partial charge on any atom is -0.397 e. The lowest BCUT2D eigenvalue weighted by Crippen LogP contribution is -2.15. The van der Waals surface area contributed by atoms with Crippen LogP contribution in [-0.2, 0) is 6.54 Å². The maximum absolute atomic E-state index is 12.2. The molecule has 0 spiro atoms. The van der Waals surface area contributed by atoms with Gasteiger partial charge in [0.2, 0.25) is 0 Å². The number of nitrogens with one attached hydrogen (secondary N) is 2. The fourth-order valence-electron chi connectivity index (χ4n) is 1.88. The van der Waals surface area contributed by atoms with Gasteiger partial charge < -0.3 is 27.8 Å². The van der Waals surface area contributed by atoms with Crippen LogP contribution in [0.1, 0.15) is 15.9 Å². The molecule has 2 rings (SSSR count). The molecule has 0 fully saturated rings. The molecule has 0 atom stereocenters. The Bertz CT molecular complexity index is 641. The highest BCUT2D eigenvalue weighted by atomic mass is 16.1. The van der Waals surface area contributed by atoms with E-state index in [9.17, 15) is 4.79 Å². The standard InChI is InChI=1S/C15H20N6O/c16-5-6-19-14-4-2-11(9-20-14)15(22)21-13-3-1-10(8-17)7-12(13)18/h1-4,7,9H,5-6,8,16-18H2,(H,19,20)(H,21,22). The quantitative estimate of drug-likeness (QED) is 0.500. The van der Waals surface area contributed by atoms with Crippen molar-refractivity contribution in [2.24, 2.45) is 11.5 Å². The molecule has 0 bridgehead atoms. The van der Waals surface area contributed by atoms with E-state index in [1.165, 1.54) is 6.20 Å². The average Bonchev–Trinajstić information content (AvgIpc) is 2.55. The number of aromatic nitrogens is 1. The number of pyridine rings is 1. The molecule has 7 heteroatoms. The molecule has 0 aliphatic carbocycles. The number of hydrogen-bond acceptors (Lipinski definition) is 6. The van der Waals surface area contributed by atoms with E-state index in [1.54, 1.807) is 24.3 Å². The second-order valence-corrected chi connectivity index (χ2v) is 4.73. The van der Waals surface area contributed by atoms with Crippen molar-refractivity contribution in [1.29, 1.82) is 0 Å². The van der Waals surface area contributed by atoms with Crippen LogP contribution >= 0.6 is 0 Å². The molecule has 1 amide bonds. The third-order valence-electron chi connectivity index (χ3n) is 3.08. The summed E-state index contributed by atoms with van der Waals surface area (Å²) in [5.41, 5.74) is 19.2. The number of hydrogen-bond donors (Lipinski definition) is 5. The molecule has 1 heterocycles. The molecule has 22 heavy (non-hydrogen) atoms. The smallest absolute Gasteiger partial charge is 0.257 e. The summed E-state index contributed by atoms with van der Waals surface area (Å²) >= 11 is 0. The van der Waals surface area contributed by atoms with Crippen LogP contribution in [0.4, 0.5) is 17.2 Å². The van der Waals surface area contributed by atoms with Crippen LogP contribution in [0, 0.1) is 0 Å². The van der Waals surface area contributed by atoms with Crippen molar-refractivity contribution in [2.45, 2.75) is 6.54 Å². The third-order valence-corrected chi connectivity index (χ3v) is 3.08. The van der Waals surface area contributed by atoms with Gasteiger partial charge in [0.1, 0.15) is 5.82 Å². The van der Waals surface area contributed by atoms with Gasteiger partial charge in [0.15, 0.2) is 0 Å². The highest BCUT2D eigenvalue weighted by molar-refractivity contribution is 6.05. The molecule has 2 aromatic rings.